The number of hydrogen-bond donors (Lipinski definition) is 1. The van der Waals surface area contributed by atoms with E-state index < -0.39 is 17.2 Å². The minimum Gasteiger partial charge on any atom is -0.321 e. The molecule has 1 atom stereocenters. The Kier molecular flexibility index (Phi) is 4.55. The largest absolute Gasteiger partial charge is 0.321 e. The summed E-state index contributed by atoms with van der Waals surface area (Å²) in [5.41, 5.74) is 6.15. The minimum absolute atomic E-state index is 0.0572. The van der Waals surface area contributed by atoms with Gasteiger partial charge in [-0.1, -0.05) is 37.3 Å². The smallest absolute Gasteiger partial charge is 0.145 e. The van der Waals surface area contributed by atoms with Gasteiger partial charge in [-0.25, -0.2) is 8.78 Å². The van der Waals surface area contributed by atoms with Gasteiger partial charge >= 0.3 is 0 Å². The number of rotatable bonds is 4. The van der Waals surface area contributed by atoms with E-state index in [9.17, 15) is 8.78 Å². The predicted octanol–water partition coefficient (Wildman–Crippen LogP) is 4.53. The lowest BCUT2D eigenvalue weighted by molar-refractivity contribution is 0.378. The zero-order valence-corrected chi connectivity index (χ0v) is 12.8. The normalized spacial score (nSPS) is 14.1. The average molecular weight is 340 g/mol. The molecule has 2 N–H and O–H groups in total. The lowest BCUT2D eigenvalue weighted by Gasteiger charge is -2.30. The molecule has 2 aromatic rings. The molecule has 0 spiro atoms. The van der Waals surface area contributed by atoms with Gasteiger partial charge in [-0.05, 0) is 46.5 Å². The van der Waals surface area contributed by atoms with Crippen LogP contribution in [-0.2, 0) is 12.0 Å². The first kappa shape index (κ1) is 15.1. The molecule has 0 fully saturated rings. The monoisotopic (exact) mass is 339 g/mol. The first-order chi connectivity index (χ1) is 9.48. The van der Waals surface area contributed by atoms with E-state index in [0.29, 0.717) is 12.8 Å². The van der Waals surface area contributed by atoms with Crippen molar-refractivity contribution >= 4 is 15.9 Å². The molecule has 0 aromatic heterocycles. The van der Waals surface area contributed by atoms with E-state index in [1.54, 1.807) is 0 Å². The van der Waals surface area contributed by atoms with Crippen LogP contribution in [0.4, 0.5) is 8.78 Å². The molecule has 1 unspecified atom stereocenters. The van der Waals surface area contributed by atoms with Crippen molar-refractivity contribution in [3.8, 4) is 0 Å². The van der Waals surface area contributed by atoms with E-state index >= 15 is 0 Å². The van der Waals surface area contributed by atoms with Gasteiger partial charge in [0.15, 0.2) is 0 Å². The molecule has 2 rings (SSSR count). The summed E-state index contributed by atoms with van der Waals surface area (Å²) in [6.45, 7) is 1.84. The van der Waals surface area contributed by atoms with Gasteiger partial charge in [0.1, 0.15) is 11.6 Å². The van der Waals surface area contributed by atoms with Crippen molar-refractivity contribution in [2.45, 2.75) is 25.3 Å². The molecule has 0 aliphatic rings. The van der Waals surface area contributed by atoms with Crippen LogP contribution < -0.4 is 5.73 Å². The van der Waals surface area contributed by atoms with E-state index in [2.05, 4.69) is 15.9 Å². The summed E-state index contributed by atoms with van der Waals surface area (Å²) in [6, 6.07) is 12.1. The first-order valence-electron chi connectivity index (χ1n) is 6.44. The molecule has 0 saturated heterocycles. The van der Waals surface area contributed by atoms with Crippen LogP contribution in [0.2, 0.25) is 0 Å². The third-order valence-electron chi connectivity index (χ3n) is 3.54. The molecule has 1 nitrogen and oxygen atoms in total. The maximum absolute atomic E-state index is 14.3. The van der Waals surface area contributed by atoms with Crippen molar-refractivity contribution in [3.63, 3.8) is 0 Å². The van der Waals surface area contributed by atoms with Crippen molar-refractivity contribution in [2.24, 2.45) is 5.73 Å². The number of halogens is 3. The van der Waals surface area contributed by atoms with Crippen molar-refractivity contribution in [3.05, 3.63) is 69.7 Å². The van der Waals surface area contributed by atoms with Crippen LogP contribution in [0.15, 0.2) is 46.9 Å². The summed E-state index contributed by atoms with van der Waals surface area (Å²) in [5.74, 6) is -1.23. The molecule has 20 heavy (non-hydrogen) atoms. The zero-order valence-electron chi connectivity index (χ0n) is 11.2. The Morgan fingerprint density at radius 2 is 1.75 bits per heavy atom. The summed E-state index contributed by atoms with van der Waals surface area (Å²) in [5, 5.41) is 0. The van der Waals surface area contributed by atoms with Gasteiger partial charge in [0, 0.05) is 5.56 Å². The summed E-state index contributed by atoms with van der Waals surface area (Å²) < 4.78 is 28.6. The lowest BCUT2D eigenvalue weighted by atomic mass is 9.82. The van der Waals surface area contributed by atoms with Gasteiger partial charge in [0.2, 0.25) is 0 Å². The van der Waals surface area contributed by atoms with Gasteiger partial charge < -0.3 is 5.73 Å². The third kappa shape index (κ3) is 2.91. The Labute approximate surface area is 125 Å². The van der Waals surface area contributed by atoms with Crippen LogP contribution in [0.3, 0.4) is 0 Å². The molecule has 0 bridgehead atoms. The number of nitrogens with two attached hydrogens (primary N) is 1. The fourth-order valence-corrected chi connectivity index (χ4v) is 2.66. The summed E-state index contributed by atoms with van der Waals surface area (Å²) >= 11 is 3.09. The maximum Gasteiger partial charge on any atom is 0.145 e. The third-order valence-corrected chi connectivity index (χ3v) is 4.15. The Bertz CT molecular complexity index is 601. The highest BCUT2D eigenvalue weighted by atomic mass is 79.9. The maximum atomic E-state index is 14.3. The van der Waals surface area contributed by atoms with Gasteiger partial charge in [0.25, 0.3) is 0 Å². The van der Waals surface area contributed by atoms with Crippen LogP contribution in [0.1, 0.15) is 24.5 Å². The first-order valence-corrected chi connectivity index (χ1v) is 7.24. The Morgan fingerprint density at radius 1 is 1.10 bits per heavy atom. The fraction of sp³-hybridized carbons (Fsp3) is 0.250. The lowest BCUT2D eigenvalue weighted by Crippen LogP contribution is -2.40. The second-order valence-corrected chi connectivity index (χ2v) is 5.74. The Hall–Kier alpha value is -1.26. The van der Waals surface area contributed by atoms with Gasteiger partial charge in [0.05, 0.1) is 10.0 Å². The molecule has 0 aliphatic carbocycles. The average Bonchev–Trinajstić information content (AvgIpc) is 2.44. The summed E-state index contributed by atoms with van der Waals surface area (Å²) in [7, 11) is 0. The molecule has 0 aliphatic heterocycles. The van der Waals surface area contributed by atoms with Crippen LogP contribution in [0.5, 0.6) is 0 Å². The molecule has 2 aromatic carbocycles. The Morgan fingerprint density at radius 3 is 2.35 bits per heavy atom. The molecular formula is C16H16BrF2N. The molecule has 106 valence electrons. The molecule has 0 amide bonds. The van der Waals surface area contributed by atoms with Gasteiger partial charge in [-0.2, -0.15) is 0 Å². The molecular weight excluding hydrogens is 324 g/mol. The quantitative estimate of drug-likeness (QED) is 0.813. The van der Waals surface area contributed by atoms with E-state index in [1.165, 1.54) is 12.1 Å². The topological polar surface area (TPSA) is 26.0 Å². The van der Waals surface area contributed by atoms with Gasteiger partial charge in [-0.15, -0.1) is 0 Å². The van der Waals surface area contributed by atoms with Crippen LogP contribution in [0, 0.1) is 11.6 Å². The molecule has 0 heterocycles. The molecule has 0 radical (unpaired) electrons. The highest BCUT2D eigenvalue weighted by Crippen LogP contribution is 2.33. The van der Waals surface area contributed by atoms with Crippen LogP contribution in [-0.4, -0.2) is 0 Å². The predicted molar refractivity (Wildman–Crippen MR) is 80.4 cm³/mol. The minimum atomic E-state index is -1.07. The summed E-state index contributed by atoms with van der Waals surface area (Å²) in [6.07, 6.45) is 0.820. The van der Waals surface area contributed by atoms with Crippen LogP contribution >= 0.6 is 15.9 Å². The number of hydrogen-bond acceptors (Lipinski definition) is 1. The SMILES string of the molecule is CCC(N)(Cc1ccccc1)c1c(F)ccc(Br)c1F. The van der Waals surface area contributed by atoms with E-state index in [-0.39, 0.29) is 10.0 Å². The highest BCUT2D eigenvalue weighted by molar-refractivity contribution is 9.10. The number of benzene rings is 2. The van der Waals surface area contributed by atoms with Gasteiger partial charge in [-0.3, -0.25) is 0 Å². The van der Waals surface area contributed by atoms with Crippen LogP contribution in [0.25, 0.3) is 0 Å². The van der Waals surface area contributed by atoms with Crippen molar-refractivity contribution < 1.29 is 8.78 Å². The molecule has 0 saturated carbocycles. The van der Waals surface area contributed by atoms with Crippen molar-refractivity contribution in [1.82, 2.24) is 0 Å². The second kappa shape index (κ2) is 6.02. The molecule has 4 heteroatoms. The highest BCUT2D eigenvalue weighted by Gasteiger charge is 2.32. The fourth-order valence-electron chi connectivity index (χ4n) is 2.33. The zero-order chi connectivity index (χ0) is 14.8. The van der Waals surface area contributed by atoms with Crippen molar-refractivity contribution in [2.75, 3.05) is 0 Å². The van der Waals surface area contributed by atoms with E-state index in [1.807, 2.05) is 37.3 Å². The van der Waals surface area contributed by atoms with E-state index in [4.69, 9.17) is 5.73 Å². The van der Waals surface area contributed by atoms with Crippen molar-refractivity contribution in [1.29, 1.82) is 0 Å². The standard InChI is InChI=1S/C16H16BrF2N/c1-2-16(20,10-11-6-4-3-5-7-11)14-13(18)9-8-12(17)15(14)19/h3-9H,2,10,20H2,1H3. The second-order valence-electron chi connectivity index (χ2n) is 4.89. The summed E-state index contributed by atoms with van der Waals surface area (Å²) in [4.78, 5) is 0. The van der Waals surface area contributed by atoms with E-state index in [0.717, 1.165) is 5.56 Å². The Balaban J connectivity index is 2.48.